The molecule has 2 bridgehead atoms. The number of carbonyl (C=O) groups is 1. The summed E-state index contributed by atoms with van der Waals surface area (Å²) in [5.74, 6) is 1.03. The van der Waals surface area contributed by atoms with Gasteiger partial charge in [-0.15, -0.1) is 0 Å². The number of anilines is 1. The minimum absolute atomic E-state index is 0.0193. The third kappa shape index (κ3) is 2.26. The maximum atomic E-state index is 12.3. The molecule has 4 atom stereocenters. The highest BCUT2D eigenvalue weighted by atomic mass is 16.3. The van der Waals surface area contributed by atoms with Crippen molar-refractivity contribution >= 4 is 11.6 Å². The fourth-order valence-electron chi connectivity index (χ4n) is 3.64. The fraction of sp³-hybridized carbons (Fsp3) is 0.533. The van der Waals surface area contributed by atoms with Crippen molar-refractivity contribution in [3.8, 4) is 0 Å². The van der Waals surface area contributed by atoms with Crippen LogP contribution in [0.2, 0.25) is 0 Å². The standard InChI is InChI=1S/C15H20N2O2/c16-14-11-4-3-10(7-11)13(14)15(19)17-12-5-1-9(8-18)2-6-12/h1-2,5-6,10-11,13-14,18H,3-4,7-8,16H2,(H,17,19). The van der Waals surface area contributed by atoms with Crippen molar-refractivity contribution in [2.45, 2.75) is 31.9 Å². The summed E-state index contributed by atoms with van der Waals surface area (Å²) in [6, 6.07) is 7.30. The smallest absolute Gasteiger partial charge is 0.229 e. The Balaban J connectivity index is 1.67. The first kappa shape index (κ1) is 12.6. The highest BCUT2D eigenvalue weighted by Gasteiger charge is 2.49. The van der Waals surface area contributed by atoms with Crippen molar-refractivity contribution in [2.75, 3.05) is 5.32 Å². The molecular weight excluding hydrogens is 240 g/mol. The van der Waals surface area contributed by atoms with Crippen molar-refractivity contribution in [3.05, 3.63) is 29.8 Å². The summed E-state index contributed by atoms with van der Waals surface area (Å²) in [6.45, 7) is 0.0193. The second kappa shape index (κ2) is 4.94. The Morgan fingerprint density at radius 2 is 1.95 bits per heavy atom. The molecule has 0 aromatic heterocycles. The molecule has 0 heterocycles. The van der Waals surface area contributed by atoms with Gasteiger partial charge in [0.1, 0.15) is 0 Å². The molecule has 1 aromatic rings. The number of nitrogens with two attached hydrogens (primary N) is 1. The third-order valence-electron chi connectivity index (χ3n) is 4.69. The molecular formula is C15H20N2O2. The number of amides is 1. The first-order chi connectivity index (χ1) is 9.19. The molecule has 3 rings (SSSR count). The monoisotopic (exact) mass is 260 g/mol. The Morgan fingerprint density at radius 3 is 2.53 bits per heavy atom. The Bertz CT molecular complexity index is 470. The lowest BCUT2D eigenvalue weighted by molar-refractivity contribution is -0.121. The maximum Gasteiger partial charge on any atom is 0.229 e. The van der Waals surface area contributed by atoms with Crippen LogP contribution in [0.25, 0.3) is 0 Å². The molecule has 4 N–H and O–H groups in total. The Labute approximate surface area is 113 Å². The summed E-state index contributed by atoms with van der Waals surface area (Å²) in [7, 11) is 0. The van der Waals surface area contributed by atoms with Crippen molar-refractivity contribution in [3.63, 3.8) is 0 Å². The number of rotatable bonds is 3. The van der Waals surface area contributed by atoms with Crippen LogP contribution in [0.15, 0.2) is 24.3 Å². The normalized spacial score (nSPS) is 32.5. The van der Waals surface area contributed by atoms with Crippen LogP contribution in [0.1, 0.15) is 24.8 Å². The van der Waals surface area contributed by atoms with E-state index >= 15 is 0 Å². The number of nitrogens with one attached hydrogen (secondary N) is 1. The van der Waals surface area contributed by atoms with Crippen LogP contribution in [0.5, 0.6) is 0 Å². The van der Waals surface area contributed by atoms with Crippen molar-refractivity contribution in [2.24, 2.45) is 23.5 Å². The second-order valence-corrected chi connectivity index (χ2v) is 5.78. The summed E-state index contributed by atoms with van der Waals surface area (Å²) < 4.78 is 0. The van der Waals surface area contributed by atoms with Gasteiger partial charge in [-0.2, -0.15) is 0 Å². The van der Waals surface area contributed by atoms with Crippen LogP contribution in [0, 0.1) is 17.8 Å². The number of hydrogen-bond acceptors (Lipinski definition) is 3. The lowest BCUT2D eigenvalue weighted by atomic mass is 9.84. The molecule has 0 aliphatic heterocycles. The molecule has 4 unspecified atom stereocenters. The molecule has 19 heavy (non-hydrogen) atoms. The van der Waals surface area contributed by atoms with Crippen molar-refractivity contribution in [1.82, 2.24) is 0 Å². The summed E-state index contributed by atoms with van der Waals surface area (Å²) >= 11 is 0. The number of aliphatic hydroxyl groups excluding tert-OH is 1. The highest BCUT2D eigenvalue weighted by molar-refractivity contribution is 5.93. The van der Waals surface area contributed by atoms with Crippen LogP contribution >= 0.6 is 0 Å². The zero-order valence-electron chi connectivity index (χ0n) is 10.9. The van der Waals surface area contributed by atoms with E-state index in [9.17, 15) is 4.79 Å². The average Bonchev–Trinajstić information content (AvgIpc) is 3.00. The third-order valence-corrected chi connectivity index (χ3v) is 4.69. The molecule has 102 valence electrons. The van der Waals surface area contributed by atoms with Crippen LogP contribution < -0.4 is 11.1 Å². The van der Waals surface area contributed by atoms with Gasteiger partial charge in [0, 0.05) is 11.7 Å². The van der Waals surface area contributed by atoms with E-state index in [1.165, 1.54) is 6.42 Å². The molecule has 2 aliphatic rings. The lowest BCUT2D eigenvalue weighted by Crippen LogP contribution is -2.42. The van der Waals surface area contributed by atoms with E-state index in [-0.39, 0.29) is 24.5 Å². The molecule has 0 saturated heterocycles. The Hall–Kier alpha value is -1.39. The zero-order chi connectivity index (χ0) is 13.4. The molecule has 4 heteroatoms. The molecule has 0 radical (unpaired) electrons. The second-order valence-electron chi connectivity index (χ2n) is 5.78. The molecule has 1 aromatic carbocycles. The first-order valence-corrected chi connectivity index (χ1v) is 6.95. The van der Waals surface area contributed by atoms with E-state index in [0.29, 0.717) is 11.8 Å². The number of carbonyl (C=O) groups excluding carboxylic acids is 1. The SMILES string of the molecule is NC1C2CCC(C2)C1C(=O)Nc1ccc(CO)cc1. The summed E-state index contributed by atoms with van der Waals surface area (Å²) in [4.78, 5) is 12.3. The first-order valence-electron chi connectivity index (χ1n) is 6.95. The van der Waals surface area contributed by atoms with Gasteiger partial charge in [0.15, 0.2) is 0 Å². The minimum Gasteiger partial charge on any atom is -0.392 e. The Kier molecular flexibility index (Phi) is 3.29. The number of fused-ring (bicyclic) bond motifs is 2. The van der Waals surface area contributed by atoms with Gasteiger partial charge in [0.2, 0.25) is 5.91 Å². The van der Waals surface area contributed by atoms with E-state index in [1.54, 1.807) is 0 Å². The van der Waals surface area contributed by atoms with E-state index in [4.69, 9.17) is 10.8 Å². The number of hydrogen-bond donors (Lipinski definition) is 3. The van der Waals surface area contributed by atoms with Gasteiger partial charge < -0.3 is 16.2 Å². The summed E-state index contributed by atoms with van der Waals surface area (Å²) in [6.07, 6.45) is 3.43. The fourth-order valence-corrected chi connectivity index (χ4v) is 3.64. The van der Waals surface area contributed by atoms with Gasteiger partial charge in [-0.25, -0.2) is 0 Å². The van der Waals surface area contributed by atoms with Crippen LogP contribution in [0.3, 0.4) is 0 Å². The van der Waals surface area contributed by atoms with Gasteiger partial charge in [0.25, 0.3) is 0 Å². The summed E-state index contributed by atoms with van der Waals surface area (Å²) in [5.41, 5.74) is 7.79. The predicted molar refractivity (Wildman–Crippen MR) is 73.3 cm³/mol. The van der Waals surface area contributed by atoms with Crippen LogP contribution in [-0.4, -0.2) is 17.1 Å². The molecule has 1 amide bonds. The summed E-state index contributed by atoms with van der Waals surface area (Å²) in [5, 5.41) is 11.9. The van der Waals surface area contributed by atoms with Gasteiger partial charge in [0.05, 0.1) is 12.5 Å². The topological polar surface area (TPSA) is 75.4 Å². The van der Waals surface area contributed by atoms with Crippen molar-refractivity contribution in [1.29, 1.82) is 0 Å². The minimum atomic E-state index is -0.0312. The predicted octanol–water partition coefficient (Wildman–Crippen LogP) is 1.49. The van der Waals surface area contributed by atoms with Gasteiger partial charge in [-0.05, 0) is 48.8 Å². The van der Waals surface area contributed by atoms with E-state index in [2.05, 4.69) is 5.32 Å². The quantitative estimate of drug-likeness (QED) is 0.770. The molecule has 4 nitrogen and oxygen atoms in total. The largest absolute Gasteiger partial charge is 0.392 e. The van der Waals surface area contributed by atoms with Crippen LogP contribution in [0.4, 0.5) is 5.69 Å². The van der Waals surface area contributed by atoms with Gasteiger partial charge in [-0.1, -0.05) is 12.1 Å². The average molecular weight is 260 g/mol. The van der Waals surface area contributed by atoms with E-state index in [0.717, 1.165) is 24.1 Å². The molecule has 2 saturated carbocycles. The Morgan fingerprint density at radius 1 is 1.26 bits per heavy atom. The zero-order valence-corrected chi connectivity index (χ0v) is 10.9. The van der Waals surface area contributed by atoms with Gasteiger partial charge >= 0.3 is 0 Å². The van der Waals surface area contributed by atoms with E-state index < -0.39 is 0 Å². The van der Waals surface area contributed by atoms with Gasteiger partial charge in [-0.3, -0.25) is 4.79 Å². The highest BCUT2D eigenvalue weighted by Crippen LogP contribution is 2.47. The molecule has 2 aliphatic carbocycles. The number of aliphatic hydroxyl groups is 1. The molecule has 0 spiro atoms. The van der Waals surface area contributed by atoms with Crippen LogP contribution in [-0.2, 0) is 11.4 Å². The maximum absolute atomic E-state index is 12.3. The molecule has 2 fully saturated rings. The van der Waals surface area contributed by atoms with E-state index in [1.807, 2.05) is 24.3 Å². The number of benzene rings is 1. The lowest BCUT2D eigenvalue weighted by Gasteiger charge is -2.27. The van der Waals surface area contributed by atoms with Crippen molar-refractivity contribution < 1.29 is 9.90 Å².